The minimum absolute atomic E-state index is 0.208. The van der Waals surface area contributed by atoms with E-state index in [4.69, 9.17) is 10.5 Å². The molecule has 1 aromatic carbocycles. The maximum Gasteiger partial charge on any atom is 0.251 e. The highest BCUT2D eigenvalue weighted by atomic mass is 16.5. The lowest BCUT2D eigenvalue weighted by Crippen LogP contribution is -2.18. The molecule has 0 aliphatic rings. The summed E-state index contributed by atoms with van der Waals surface area (Å²) in [7, 11) is 0. The Balaban J connectivity index is 2.19. The van der Waals surface area contributed by atoms with Gasteiger partial charge in [-0.25, -0.2) is 4.98 Å². The molecule has 3 N–H and O–H groups in total. The van der Waals surface area contributed by atoms with Crippen molar-refractivity contribution in [3.63, 3.8) is 0 Å². The Bertz CT molecular complexity index is 662. The van der Waals surface area contributed by atoms with Crippen molar-refractivity contribution in [2.75, 3.05) is 0 Å². The van der Waals surface area contributed by atoms with Crippen LogP contribution in [0, 0.1) is 13.8 Å². The summed E-state index contributed by atoms with van der Waals surface area (Å²) < 4.78 is 5.72. The van der Waals surface area contributed by atoms with Gasteiger partial charge >= 0.3 is 0 Å². The maximum absolute atomic E-state index is 11.5. The predicted octanol–water partition coefficient (Wildman–Crippen LogP) is 1.99. The minimum atomic E-state index is -0.281. The van der Waals surface area contributed by atoms with Crippen LogP contribution in [-0.2, 0) is 6.61 Å². The molecule has 0 aliphatic carbocycles. The van der Waals surface area contributed by atoms with E-state index >= 15 is 0 Å². The van der Waals surface area contributed by atoms with Crippen molar-refractivity contribution in [1.29, 1.82) is 0 Å². The second kappa shape index (κ2) is 5.88. The van der Waals surface area contributed by atoms with E-state index in [1.165, 1.54) is 6.07 Å². The van der Waals surface area contributed by atoms with E-state index in [1.54, 1.807) is 6.92 Å². The van der Waals surface area contributed by atoms with E-state index in [9.17, 15) is 4.79 Å². The van der Waals surface area contributed by atoms with Gasteiger partial charge in [-0.1, -0.05) is 12.1 Å². The quantitative estimate of drug-likeness (QED) is 0.892. The summed E-state index contributed by atoms with van der Waals surface area (Å²) in [5.74, 6) is 1.27. The summed E-state index contributed by atoms with van der Waals surface area (Å²) in [6, 6.07) is 6.99. The molecule has 0 bridgehead atoms. The molecule has 2 rings (SSSR count). The predicted molar refractivity (Wildman–Crippen MR) is 77.7 cm³/mol. The smallest absolute Gasteiger partial charge is 0.251 e. The van der Waals surface area contributed by atoms with Crippen LogP contribution in [0.3, 0.4) is 0 Å². The van der Waals surface area contributed by atoms with Gasteiger partial charge in [0, 0.05) is 12.1 Å². The Morgan fingerprint density at radius 3 is 2.85 bits per heavy atom. The van der Waals surface area contributed by atoms with Crippen LogP contribution in [-0.4, -0.2) is 9.97 Å². The van der Waals surface area contributed by atoms with Crippen LogP contribution < -0.4 is 16.0 Å². The van der Waals surface area contributed by atoms with Crippen LogP contribution in [0.25, 0.3) is 0 Å². The van der Waals surface area contributed by atoms with Gasteiger partial charge in [-0.15, -0.1) is 0 Å². The largest absolute Gasteiger partial charge is 0.485 e. The Labute approximate surface area is 117 Å². The number of aromatic amines is 1. The molecule has 1 heterocycles. The molecule has 1 unspecified atom stereocenters. The van der Waals surface area contributed by atoms with Crippen LogP contribution in [0.4, 0.5) is 0 Å². The Morgan fingerprint density at radius 1 is 1.40 bits per heavy atom. The lowest BCUT2D eigenvalue weighted by molar-refractivity contribution is 0.292. The number of rotatable bonds is 4. The molecule has 0 saturated carbocycles. The first-order valence-electron chi connectivity index (χ1n) is 6.52. The highest BCUT2D eigenvalue weighted by Gasteiger charge is 2.07. The first-order valence-corrected chi connectivity index (χ1v) is 6.52. The number of aromatic nitrogens is 2. The van der Waals surface area contributed by atoms with Crippen LogP contribution >= 0.6 is 0 Å². The molecule has 5 heteroatoms. The zero-order chi connectivity index (χ0) is 14.7. The van der Waals surface area contributed by atoms with E-state index in [1.807, 2.05) is 32.0 Å². The van der Waals surface area contributed by atoms with Gasteiger partial charge in [-0.05, 0) is 38.0 Å². The first-order chi connectivity index (χ1) is 9.47. The zero-order valence-electron chi connectivity index (χ0n) is 11.9. The van der Waals surface area contributed by atoms with Crippen molar-refractivity contribution < 1.29 is 4.74 Å². The second-order valence-electron chi connectivity index (χ2n) is 4.89. The average Bonchev–Trinajstić information content (AvgIpc) is 2.40. The molecule has 2 aromatic rings. The summed E-state index contributed by atoms with van der Waals surface area (Å²) in [5.41, 5.74) is 8.34. The Kier molecular flexibility index (Phi) is 4.20. The van der Waals surface area contributed by atoms with Gasteiger partial charge in [0.1, 0.15) is 18.2 Å². The Hall–Kier alpha value is -2.14. The summed E-state index contributed by atoms with van der Waals surface area (Å²) in [6.07, 6.45) is 0. The number of H-pyrrole nitrogens is 1. The van der Waals surface area contributed by atoms with Crippen molar-refractivity contribution in [2.24, 2.45) is 5.73 Å². The molecular formula is C15H19N3O2. The third-order valence-electron chi connectivity index (χ3n) is 3.20. The van der Waals surface area contributed by atoms with E-state index < -0.39 is 0 Å². The van der Waals surface area contributed by atoms with Gasteiger partial charge in [0.25, 0.3) is 5.56 Å². The molecule has 20 heavy (non-hydrogen) atoms. The zero-order valence-corrected chi connectivity index (χ0v) is 11.9. The molecule has 0 fully saturated rings. The summed E-state index contributed by atoms with van der Waals surface area (Å²) in [6.45, 7) is 6.02. The molecule has 0 spiro atoms. The van der Waals surface area contributed by atoms with E-state index in [-0.39, 0.29) is 18.2 Å². The number of nitrogens with one attached hydrogen (secondary N) is 1. The molecule has 0 aliphatic heterocycles. The van der Waals surface area contributed by atoms with Gasteiger partial charge in [-0.2, -0.15) is 0 Å². The van der Waals surface area contributed by atoms with Gasteiger partial charge in [-0.3, -0.25) is 4.79 Å². The normalized spacial score (nSPS) is 12.2. The number of hydrogen-bond acceptors (Lipinski definition) is 4. The fourth-order valence-electron chi connectivity index (χ4n) is 1.86. The molecule has 0 saturated heterocycles. The molecule has 0 amide bonds. The third kappa shape index (κ3) is 3.24. The monoisotopic (exact) mass is 273 g/mol. The van der Waals surface area contributed by atoms with Gasteiger partial charge in [0.15, 0.2) is 0 Å². The summed E-state index contributed by atoms with van der Waals surface area (Å²) >= 11 is 0. The molecule has 1 atom stereocenters. The van der Waals surface area contributed by atoms with Crippen molar-refractivity contribution in [3.8, 4) is 5.75 Å². The fraction of sp³-hybridized carbons (Fsp3) is 0.333. The highest BCUT2D eigenvalue weighted by Crippen LogP contribution is 2.21. The molecule has 1 aromatic heterocycles. The number of nitrogens with zero attached hydrogens (tertiary/aromatic N) is 1. The van der Waals surface area contributed by atoms with E-state index in [0.29, 0.717) is 11.5 Å². The van der Waals surface area contributed by atoms with Crippen molar-refractivity contribution in [1.82, 2.24) is 9.97 Å². The number of nitrogens with two attached hydrogens (primary N) is 1. The fourth-order valence-corrected chi connectivity index (χ4v) is 1.86. The Morgan fingerprint density at radius 2 is 2.15 bits per heavy atom. The van der Waals surface area contributed by atoms with Gasteiger partial charge < -0.3 is 15.5 Å². The molecule has 0 radical (unpaired) electrons. The van der Waals surface area contributed by atoms with E-state index in [0.717, 1.165) is 16.9 Å². The minimum Gasteiger partial charge on any atom is -0.485 e. The summed E-state index contributed by atoms with van der Waals surface area (Å²) in [4.78, 5) is 18.5. The standard InChI is InChI=1S/C15H19N3O2/c1-9-5-4-6-13(10(9)2)20-8-14-17-12(11(3)16)7-15(19)18-14/h4-7,11H,8,16H2,1-3H3,(H,17,18,19). The van der Waals surface area contributed by atoms with Crippen LogP contribution in [0.1, 0.15) is 35.6 Å². The van der Waals surface area contributed by atoms with Crippen molar-refractivity contribution in [2.45, 2.75) is 33.4 Å². The topological polar surface area (TPSA) is 81.0 Å². The lowest BCUT2D eigenvalue weighted by atomic mass is 10.1. The number of hydrogen-bond donors (Lipinski definition) is 2. The third-order valence-corrected chi connectivity index (χ3v) is 3.20. The van der Waals surface area contributed by atoms with Crippen LogP contribution in [0.15, 0.2) is 29.1 Å². The molecule has 106 valence electrons. The van der Waals surface area contributed by atoms with Gasteiger partial charge in [0.2, 0.25) is 0 Å². The van der Waals surface area contributed by atoms with Crippen molar-refractivity contribution >= 4 is 0 Å². The first kappa shape index (κ1) is 14.3. The molecular weight excluding hydrogens is 254 g/mol. The maximum atomic E-state index is 11.5. The van der Waals surface area contributed by atoms with Crippen LogP contribution in [0.5, 0.6) is 5.75 Å². The number of aryl methyl sites for hydroxylation is 1. The SMILES string of the molecule is Cc1cccc(OCc2nc(C(C)N)cc(=O)[nH]2)c1C. The van der Waals surface area contributed by atoms with Gasteiger partial charge in [0.05, 0.1) is 5.69 Å². The van der Waals surface area contributed by atoms with Crippen molar-refractivity contribution in [3.05, 3.63) is 57.3 Å². The number of benzene rings is 1. The van der Waals surface area contributed by atoms with E-state index in [2.05, 4.69) is 9.97 Å². The summed E-state index contributed by atoms with van der Waals surface area (Å²) in [5, 5.41) is 0. The number of ether oxygens (including phenoxy) is 1. The molecule has 5 nitrogen and oxygen atoms in total. The van der Waals surface area contributed by atoms with Crippen LogP contribution in [0.2, 0.25) is 0 Å². The average molecular weight is 273 g/mol. The highest BCUT2D eigenvalue weighted by molar-refractivity contribution is 5.38. The lowest BCUT2D eigenvalue weighted by Gasteiger charge is -2.11. The second-order valence-corrected chi connectivity index (χ2v) is 4.89.